The van der Waals surface area contributed by atoms with Crippen LogP contribution in [-0.2, 0) is 4.74 Å². The standard InChI is InChI=1S/C17H19N5O/c18-14-4-5-15(13-11-19-22-8-2-1-3-16(13)22)21-17(14)20-12-6-9-23-10-7-12/h1-5,8,11-12H,6-7,9-10,18H2,(H,20,21). The molecule has 4 heterocycles. The molecule has 1 aliphatic heterocycles. The zero-order chi connectivity index (χ0) is 15.6. The number of hydrogen-bond acceptors (Lipinski definition) is 5. The van der Waals surface area contributed by atoms with Crippen LogP contribution in [0.2, 0.25) is 0 Å². The summed E-state index contributed by atoms with van der Waals surface area (Å²) in [7, 11) is 0. The Morgan fingerprint density at radius 2 is 2.04 bits per heavy atom. The van der Waals surface area contributed by atoms with E-state index < -0.39 is 0 Å². The summed E-state index contributed by atoms with van der Waals surface area (Å²) >= 11 is 0. The molecule has 3 aromatic heterocycles. The highest BCUT2D eigenvalue weighted by Crippen LogP contribution is 2.27. The Hall–Kier alpha value is -2.60. The second kappa shape index (κ2) is 5.89. The second-order valence-electron chi connectivity index (χ2n) is 5.75. The summed E-state index contributed by atoms with van der Waals surface area (Å²) in [6, 6.07) is 10.2. The summed E-state index contributed by atoms with van der Waals surface area (Å²) in [5.74, 6) is 0.740. The third-order valence-electron chi connectivity index (χ3n) is 4.19. The minimum absolute atomic E-state index is 0.359. The lowest BCUT2D eigenvalue weighted by Gasteiger charge is -2.24. The average molecular weight is 309 g/mol. The van der Waals surface area contributed by atoms with Crippen molar-refractivity contribution >= 4 is 17.0 Å². The van der Waals surface area contributed by atoms with Gasteiger partial charge in [0.05, 0.1) is 23.1 Å². The summed E-state index contributed by atoms with van der Waals surface area (Å²) in [4.78, 5) is 4.73. The highest BCUT2D eigenvalue weighted by atomic mass is 16.5. The Kier molecular flexibility index (Phi) is 3.59. The molecular weight excluding hydrogens is 290 g/mol. The summed E-state index contributed by atoms with van der Waals surface area (Å²) in [5.41, 5.74) is 9.66. The summed E-state index contributed by atoms with van der Waals surface area (Å²) < 4.78 is 7.24. The van der Waals surface area contributed by atoms with E-state index in [0.717, 1.165) is 48.6 Å². The van der Waals surface area contributed by atoms with E-state index >= 15 is 0 Å². The fourth-order valence-corrected chi connectivity index (χ4v) is 2.90. The molecule has 0 spiro atoms. The molecular formula is C17H19N5O. The lowest BCUT2D eigenvalue weighted by molar-refractivity contribution is 0.0904. The molecule has 3 N–H and O–H groups in total. The van der Waals surface area contributed by atoms with Gasteiger partial charge >= 0.3 is 0 Å². The number of nitrogen functional groups attached to an aromatic ring is 1. The van der Waals surface area contributed by atoms with Gasteiger partial charge in [-0.3, -0.25) is 0 Å². The highest BCUT2D eigenvalue weighted by molar-refractivity contribution is 5.79. The van der Waals surface area contributed by atoms with Crippen molar-refractivity contribution in [3.05, 3.63) is 42.7 Å². The number of nitrogens with one attached hydrogen (secondary N) is 1. The first-order valence-corrected chi connectivity index (χ1v) is 7.85. The summed E-state index contributed by atoms with van der Waals surface area (Å²) in [6.07, 6.45) is 5.72. The molecule has 0 aromatic carbocycles. The maximum absolute atomic E-state index is 6.10. The van der Waals surface area contributed by atoms with Crippen LogP contribution in [0, 0.1) is 0 Å². The zero-order valence-corrected chi connectivity index (χ0v) is 12.8. The monoisotopic (exact) mass is 309 g/mol. The van der Waals surface area contributed by atoms with Gasteiger partial charge in [-0.25, -0.2) is 9.50 Å². The summed E-state index contributed by atoms with van der Waals surface area (Å²) in [6.45, 7) is 1.57. The predicted octanol–water partition coefficient (Wildman–Crippen LogP) is 2.57. The first-order valence-electron chi connectivity index (χ1n) is 7.85. The molecule has 0 radical (unpaired) electrons. The number of anilines is 2. The lowest BCUT2D eigenvalue weighted by atomic mass is 10.1. The molecule has 6 heteroatoms. The predicted molar refractivity (Wildman–Crippen MR) is 90.3 cm³/mol. The first kappa shape index (κ1) is 14.0. The quantitative estimate of drug-likeness (QED) is 0.777. The number of hydrogen-bond donors (Lipinski definition) is 2. The van der Waals surface area contributed by atoms with E-state index in [1.807, 2.05) is 47.2 Å². The van der Waals surface area contributed by atoms with Gasteiger partial charge in [0.2, 0.25) is 0 Å². The number of ether oxygens (including phenoxy) is 1. The molecule has 0 bridgehead atoms. The van der Waals surface area contributed by atoms with Crippen LogP contribution in [0.1, 0.15) is 12.8 Å². The van der Waals surface area contributed by atoms with Crippen molar-refractivity contribution in [1.82, 2.24) is 14.6 Å². The normalized spacial score (nSPS) is 15.8. The third kappa shape index (κ3) is 2.73. The van der Waals surface area contributed by atoms with E-state index in [4.69, 9.17) is 15.5 Å². The molecule has 4 rings (SSSR count). The van der Waals surface area contributed by atoms with Crippen molar-refractivity contribution in [2.75, 3.05) is 24.3 Å². The molecule has 0 atom stereocenters. The Bertz CT molecular complexity index is 823. The Morgan fingerprint density at radius 3 is 2.91 bits per heavy atom. The van der Waals surface area contributed by atoms with Crippen LogP contribution in [0.25, 0.3) is 16.8 Å². The summed E-state index contributed by atoms with van der Waals surface area (Å²) in [5, 5.41) is 7.83. The molecule has 1 saturated heterocycles. The van der Waals surface area contributed by atoms with Crippen LogP contribution in [0.3, 0.4) is 0 Å². The van der Waals surface area contributed by atoms with E-state index in [1.165, 1.54) is 0 Å². The van der Waals surface area contributed by atoms with Crippen LogP contribution in [0.5, 0.6) is 0 Å². The minimum Gasteiger partial charge on any atom is -0.396 e. The van der Waals surface area contributed by atoms with Crippen molar-refractivity contribution in [3.63, 3.8) is 0 Å². The van der Waals surface area contributed by atoms with Crippen LogP contribution in [0.4, 0.5) is 11.5 Å². The van der Waals surface area contributed by atoms with Crippen molar-refractivity contribution in [1.29, 1.82) is 0 Å². The highest BCUT2D eigenvalue weighted by Gasteiger charge is 2.16. The topological polar surface area (TPSA) is 77.5 Å². The van der Waals surface area contributed by atoms with Gasteiger partial charge in [0.15, 0.2) is 0 Å². The molecule has 3 aromatic rings. The molecule has 0 aliphatic carbocycles. The molecule has 0 amide bonds. The van der Waals surface area contributed by atoms with Gasteiger partial charge in [-0.05, 0) is 37.1 Å². The molecule has 0 unspecified atom stereocenters. The van der Waals surface area contributed by atoms with Gasteiger partial charge in [0.25, 0.3) is 0 Å². The fourth-order valence-electron chi connectivity index (χ4n) is 2.90. The van der Waals surface area contributed by atoms with Gasteiger partial charge < -0.3 is 15.8 Å². The zero-order valence-electron chi connectivity index (χ0n) is 12.8. The maximum Gasteiger partial charge on any atom is 0.150 e. The van der Waals surface area contributed by atoms with Crippen LogP contribution in [0.15, 0.2) is 42.7 Å². The van der Waals surface area contributed by atoms with Crippen LogP contribution in [-0.4, -0.2) is 33.9 Å². The minimum atomic E-state index is 0.359. The number of nitrogens with zero attached hydrogens (tertiary/aromatic N) is 3. The van der Waals surface area contributed by atoms with Gasteiger partial charge in [-0.15, -0.1) is 0 Å². The third-order valence-corrected chi connectivity index (χ3v) is 4.19. The van der Waals surface area contributed by atoms with Crippen LogP contribution < -0.4 is 11.1 Å². The average Bonchev–Trinajstić information content (AvgIpc) is 3.02. The van der Waals surface area contributed by atoms with Gasteiger partial charge in [0.1, 0.15) is 5.82 Å². The van der Waals surface area contributed by atoms with Crippen LogP contribution >= 0.6 is 0 Å². The molecule has 118 valence electrons. The van der Waals surface area contributed by atoms with E-state index in [0.29, 0.717) is 11.7 Å². The van der Waals surface area contributed by atoms with Crippen molar-refractivity contribution < 1.29 is 4.74 Å². The molecule has 6 nitrogen and oxygen atoms in total. The van der Waals surface area contributed by atoms with E-state index in [1.54, 1.807) is 0 Å². The van der Waals surface area contributed by atoms with Gasteiger partial charge in [-0.2, -0.15) is 5.10 Å². The largest absolute Gasteiger partial charge is 0.396 e. The molecule has 1 fully saturated rings. The van der Waals surface area contributed by atoms with Gasteiger partial charge in [0, 0.05) is 31.0 Å². The lowest BCUT2D eigenvalue weighted by Crippen LogP contribution is -2.28. The van der Waals surface area contributed by atoms with E-state index in [9.17, 15) is 0 Å². The number of nitrogens with two attached hydrogens (primary N) is 1. The Morgan fingerprint density at radius 1 is 1.17 bits per heavy atom. The fraction of sp³-hybridized carbons (Fsp3) is 0.294. The smallest absolute Gasteiger partial charge is 0.150 e. The Balaban J connectivity index is 1.68. The van der Waals surface area contributed by atoms with Crippen molar-refractivity contribution in [3.8, 4) is 11.3 Å². The van der Waals surface area contributed by atoms with Crippen molar-refractivity contribution in [2.24, 2.45) is 0 Å². The maximum atomic E-state index is 6.10. The SMILES string of the molecule is Nc1ccc(-c2cnn3ccccc23)nc1NC1CCOCC1. The molecule has 0 saturated carbocycles. The number of aromatic nitrogens is 3. The molecule has 1 aliphatic rings. The van der Waals surface area contributed by atoms with Gasteiger partial charge in [-0.1, -0.05) is 6.07 Å². The number of rotatable bonds is 3. The Labute approximate surface area is 134 Å². The van der Waals surface area contributed by atoms with E-state index in [-0.39, 0.29) is 0 Å². The second-order valence-corrected chi connectivity index (χ2v) is 5.75. The number of fused-ring (bicyclic) bond motifs is 1. The number of pyridine rings is 2. The van der Waals surface area contributed by atoms with Crippen molar-refractivity contribution in [2.45, 2.75) is 18.9 Å². The molecule has 23 heavy (non-hydrogen) atoms. The van der Waals surface area contributed by atoms with E-state index in [2.05, 4.69) is 10.4 Å². The first-order chi connectivity index (χ1) is 11.3.